The fourth-order valence-electron chi connectivity index (χ4n) is 1.17. The van der Waals surface area contributed by atoms with Crippen LogP contribution in [0.4, 0.5) is 0 Å². The third-order valence-corrected chi connectivity index (χ3v) is 1.74. The van der Waals surface area contributed by atoms with E-state index >= 15 is 0 Å². The quantitative estimate of drug-likeness (QED) is 0.510. The summed E-state index contributed by atoms with van der Waals surface area (Å²) in [5.41, 5.74) is 0.929. The average Bonchev–Trinajstić information content (AvgIpc) is 2.33. The lowest BCUT2D eigenvalue weighted by molar-refractivity contribution is 0.520. The predicted octanol–water partition coefficient (Wildman–Crippen LogP) is 0.275. The van der Waals surface area contributed by atoms with Crippen molar-refractivity contribution in [2.45, 2.75) is 13.3 Å². The van der Waals surface area contributed by atoms with Crippen LogP contribution in [0.25, 0.3) is 12.2 Å². The van der Waals surface area contributed by atoms with Crippen molar-refractivity contribution in [3.8, 4) is 0 Å². The maximum Gasteiger partial charge on any atom is 0.181 e. The number of fused-ring (bicyclic) bond motifs is 1. The summed E-state index contributed by atoms with van der Waals surface area (Å²) in [5.74, 6) is 0.609. The summed E-state index contributed by atoms with van der Waals surface area (Å²) < 4.78 is 5.11. The zero-order valence-electron chi connectivity index (χ0n) is 5.87. The highest BCUT2D eigenvalue weighted by Gasteiger charge is 2.02. The van der Waals surface area contributed by atoms with Gasteiger partial charge in [-0.05, 0) is 18.4 Å². The predicted molar refractivity (Wildman–Crippen MR) is 38.5 cm³/mol. The number of aromatic nitrogens is 1. The van der Waals surface area contributed by atoms with E-state index in [1.54, 1.807) is 0 Å². The molecular formula is C8H9NO. The molecule has 1 aromatic heterocycles. The first-order valence-electron chi connectivity index (χ1n) is 3.48. The number of nitrogens with zero attached hydrogens (tertiary/aromatic N) is 1. The van der Waals surface area contributed by atoms with Gasteiger partial charge >= 0.3 is 0 Å². The SMILES string of the molecule is CC1C=c2ncoc2=CC1. The molecule has 1 heterocycles. The fraction of sp³-hybridized carbons (Fsp3) is 0.375. The molecule has 52 valence electrons. The molecule has 1 unspecified atom stereocenters. The van der Waals surface area contributed by atoms with Crippen molar-refractivity contribution >= 4 is 12.2 Å². The Morgan fingerprint density at radius 2 is 2.60 bits per heavy atom. The summed E-state index contributed by atoms with van der Waals surface area (Å²) in [6, 6.07) is 0. The molecule has 0 radical (unpaired) electrons. The zero-order chi connectivity index (χ0) is 6.97. The van der Waals surface area contributed by atoms with Crippen molar-refractivity contribution in [2.24, 2.45) is 5.92 Å². The maximum absolute atomic E-state index is 5.11. The van der Waals surface area contributed by atoms with Crippen LogP contribution in [-0.2, 0) is 0 Å². The Balaban J connectivity index is 2.73. The van der Waals surface area contributed by atoms with Gasteiger partial charge in [-0.25, -0.2) is 4.98 Å². The highest BCUT2D eigenvalue weighted by Crippen LogP contribution is 2.04. The van der Waals surface area contributed by atoms with Crippen LogP contribution < -0.4 is 10.8 Å². The molecular weight excluding hydrogens is 126 g/mol. The lowest BCUT2D eigenvalue weighted by atomic mass is 10.0. The topological polar surface area (TPSA) is 26.0 Å². The monoisotopic (exact) mass is 135 g/mol. The van der Waals surface area contributed by atoms with Crippen molar-refractivity contribution in [1.29, 1.82) is 0 Å². The number of hydrogen-bond acceptors (Lipinski definition) is 2. The van der Waals surface area contributed by atoms with Crippen LogP contribution in [0, 0.1) is 5.92 Å². The van der Waals surface area contributed by atoms with Crippen LogP contribution >= 0.6 is 0 Å². The van der Waals surface area contributed by atoms with Crippen molar-refractivity contribution in [2.75, 3.05) is 0 Å². The average molecular weight is 135 g/mol. The van der Waals surface area contributed by atoms with Gasteiger partial charge in [-0.2, -0.15) is 0 Å². The second-order valence-corrected chi connectivity index (χ2v) is 2.69. The molecule has 10 heavy (non-hydrogen) atoms. The molecule has 1 aliphatic rings. The van der Waals surface area contributed by atoms with E-state index in [0.717, 1.165) is 17.2 Å². The van der Waals surface area contributed by atoms with Crippen LogP contribution in [0.15, 0.2) is 10.8 Å². The summed E-state index contributed by atoms with van der Waals surface area (Å²) in [6.07, 6.45) is 6.80. The Bertz CT molecular complexity index is 336. The maximum atomic E-state index is 5.11. The summed E-state index contributed by atoms with van der Waals surface area (Å²) in [5, 5.41) is 0.999. The van der Waals surface area contributed by atoms with Gasteiger partial charge in [-0.15, -0.1) is 0 Å². The number of hydrogen-bond donors (Lipinski definition) is 0. The van der Waals surface area contributed by atoms with Gasteiger partial charge in [0.1, 0.15) is 10.8 Å². The molecule has 0 spiro atoms. The molecule has 0 bridgehead atoms. The van der Waals surface area contributed by atoms with Crippen molar-refractivity contribution < 1.29 is 4.42 Å². The molecule has 1 atom stereocenters. The van der Waals surface area contributed by atoms with Crippen molar-refractivity contribution in [3.05, 3.63) is 17.2 Å². The molecule has 2 nitrogen and oxygen atoms in total. The molecule has 0 saturated carbocycles. The lowest BCUT2D eigenvalue weighted by Gasteiger charge is -2.01. The van der Waals surface area contributed by atoms with Crippen LogP contribution in [0.1, 0.15) is 13.3 Å². The largest absolute Gasteiger partial charge is 0.444 e. The molecule has 2 heteroatoms. The van der Waals surface area contributed by atoms with Gasteiger partial charge < -0.3 is 4.42 Å². The highest BCUT2D eigenvalue weighted by molar-refractivity contribution is 5.34. The van der Waals surface area contributed by atoms with E-state index in [9.17, 15) is 0 Å². The van der Waals surface area contributed by atoms with E-state index in [2.05, 4.69) is 24.1 Å². The molecule has 1 aromatic rings. The van der Waals surface area contributed by atoms with E-state index in [4.69, 9.17) is 4.42 Å². The van der Waals surface area contributed by atoms with Gasteiger partial charge in [0.25, 0.3) is 0 Å². The molecule has 0 aromatic carbocycles. The number of rotatable bonds is 0. The Morgan fingerprint density at radius 1 is 1.70 bits per heavy atom. The summed E-state index contributed by atoms with van der Waals surface area (Å²) in [4.78, 5) is 4.05. The minimum Gasteiger partial charge on any atom is -0.444 e. The molecule has 0 N–H and O–H groups in total. The summed E-state index contributed by atoms with van der Waals surface area (Å²) in [7, 11) is 0. The van der Waals surface area contributed by atoms with E-state index < -0.39 is 0 Å². The first-order chi connectivity index (χ1) is 4.86. The van der Waals surface area contributed by atoms with Crippen LogP contribution in [0.5, 0.6) is 0 Å². The molecule has 0 fully saturated rings. The Labute approximate surface area is 58.9 Å². The molecule has 0 saturated heterocycles. The normalized spacial score (nSPS) is 22.7. The minimum atomic E-state index is 0.609. The summed E-state index contributed by atoms with van der Waals surface area (Å²) in [6.45, 7) is 2.17. The zero-order valence-corrected chi connectivity index (χ0v) is 5.87. The van der Waals surface area contributed by atoms with Gasteiger partial charge in [0.15, 0.2) is 6.39 Å². The third-order valence-electron chi connectivity index (χ3n) is 1.74. The molecule has 2 rings (SSSR count). The second-order valence-electron chi connectivity index (χ2n) is 2.69. The van der Waals surface area contributed by atoms with Crippen molar-refractivity contribution in [3.63, 3.8) is 0 Å². The Hall–Kier alpha value is -1.05. The fourth-order valence-corrected chi connectivity index (χ4v) is 1.17. The number of oxazole rings is 1. The Morgan fingerprint density at radius 3 is 3.50 bits per heavy atom. The highest BCUT2D eigenvalue weighted by atomic mass is 16.3. The standard InChI is InChI=1S/C8H9NO/c1-6-2-3-8-7(4-6)9-5-10-8/h3-6H,2H2,1H3. The molecule has 1 aliphatic carbocycles. The first kappa shape index (κ1) is 5.71. The van der Waals surface area contributed by atoms with Gasteiger partial charge in [0, 0.05) is 0 Å². The van der Waals surface area contributed by atoms with E-state index in [1.807, 2.05) is 0 Å². The van der Waals surface area contributed by atoms with E-state index in [0.29, 0.717) is 5.92 Å². The van der Waals surface area contributed by atoms with Crippen LogP contribution in [-0.4, -0.2) is 4.98 Å². The van der Waals surface area contributed by atoms with E-state index in [1.165, 1.54) is 6.39 Å². The minimum absolute atomic E-state index is 0.609. The van der Waals surface area contributed by atoms with Gasteiger partial charge in [-0.3, -0.25) is 0 Å². The van der Waals surface area contributed by atoms with Crippen molar-refractivity contribution in [1.82, 2.24) is 4.98 Å². The first-order valence-corrected chi connectivity index (χ1v) is 3.48. The van der Waals surface area contributed by atoms with Gasteiger partial charge in [-0.1, -0.05) is 13.0 Å². The third kappa shape index (κ3) is 0.764. The summed E-state index contributed by atoms with van der Waals surface area (Å²) >= 11 is 0. The van der Waals surface area contributed by atoms with Crippen LogP contribution in [0.2, 0.25) is 0 Å². The van der Waals surface area contributed by atoms with Gasteiger partial charge in [0.05, 0.1) is 0 Å². The lowest BCUT2D eigenvalue weighted by Crippen LogP contribution is -2.26. The second kappa shape index (κ2) is 1.97. The van der Waals surface area contributed by atoms with Crippen LogP contribution in [0.3, 0.4) is 0 Å². The van der Waals surface area contributed by atoms with E-state index in [-0.39, 0.29) is 0 Å². The molecule has 0 aliphatic heterocycles. The Kier molecular flexibility index (Phi) is 1.13. The smallest absolute Gasteiger partial charge is 0.181 e. The van der Waals surface area contributed by atoms with Gasteiger partial charge in [0.2, 0.25) is 0 Å². The molecule has 0 amide bonds.